The summed E-state index contributed by atoms with van der Waals surface area (Å²) in [4.78, 5) is 20.4. The molecule has 2 amide bonds. The highest BCUT2D eigenvalue weighted by molar-refractivity contribution is 6.29. The van der Waals surface area contributed by atoms with E-state index in [0.29, 0.717) is 17.1 Å². The number of urea groups is 1. The minimum Gasteiger partial charge on any atom is -0.396 e. The van der Waals surface area contributed by atoms with Crippen molar-refractivity contribution in [3.05, 3.63) is 77.9 Å². The second-order valence-electron chi connectivity index (χ2n) is 5.68. The van der Waals surface area contributed by atoms with Crippen LogP contribution in [0.5, 0.6) is 0 Å². The molecule has 140 valence electrons. The van der Waals surface area contributed by atoms with Crippen LogP contribution in [0.3, 0.4) is 0 Å². The summed E-state index contributed by atoms with van der Waals surface area (Å²) in [6.07, 6.45) is 12.4. The molecule has 2 heterocycles. The summed E-state index contributed by atoms with van der Waals surface area (Å²) >= 11 is 5.82. The molecule has 0 aliphatic rings. The van der Waals surface area contributed by atoms with Crippen LogP contribution in [0, 0.1) is 0 Å². The lowest BCUT2D eigenvalue weighted by Gasteiger charge is -2.10. The zero-order chi connectivity index (χ0) is 19.6. The van der Waals surface area contributed by atoms with Gasteiger partial charge in [0.05, 0.1) is 17.6 Å². The molecule has 0 aliphatic heterocycles. The van der Waals surface area contributed by atoms with Crippen molar-refractivity contribution in [1.29, 1.82) is 0 Å². The van der Waals surface area contributed by atoms with Crippen molar-refractivity contribution < 1.29 is 4.79 Å². The van der Waals surface area contributed by atoms with E-state index in [-0.39, 0.29) is 5.15 Å². The largest absolute Gasteiger partial charge is 0.396 e. The van der Waals surface area contributed by atoms with Crippen molar-refractivity contribution in [2.24, 2.45) is 0 Å². The minimum absolute atomic E-state index is 0.245. The van der Waals surface area contributed by atoms with Gasteiger partial charge in [-0.1, -0.05) is 42.5 Å². The van der Waals surface area contributed by atoms with Gasteiger partial charge in [0.1, 0.15) is 5.15 Å². The Morgan fingerprint density at radius 2 is 2.15 bits per heavy atom. The zero-order valence-corrected chi connectivity index (χ0v) is 15.8. The normalized spacial score (nSPS) is 11.4. The van der Waals surface area contributed by atoms with E-state index in [9.17, 15) is 4.79 Å². The molecule has 0 aliphatic carbocycles. The van der Waals surface area contributed by atoms with Crippen LogP contribution >= 0.6 is 11.6 Å². The molecule has 0 spiro atoms. The maximum absolute atomic E-state index is 12.2. The number of amides is 2. The standard InChI is InChI=1S/C20H22ClN5O/c1-3-5-6-14(4-2)7-8-15-11-16(9-10-23-15)25-20(27)26-18-12-19(21)24-13-17(18)22/h3-6,9-13H,2,7-8,22H2,1H3,(H2,23,24,25,26,27)/b5-3-,14-6+. The number of aryl methyl sites for hydroxylation is 1. The fourth-order valence-corrected chi connectivity index (χ4v) is 2.43. The molecule has 6 nitrogen and oxygen atoms in total. The molecule has 0 radical (unpaired) electrons. The summed E-state index contributed by atoms with van der Waals surface area (Å²) in [7, 11) is 0. The van der Waals surface area contributed by atoms with Crippen LogP contribution in [0.25, 0.3) is 0 Å². The number of carbonyl (C=O) groups is 1. The number of nitrogens with two attached hydrogens (primary N) is 1. The Balaban J connectivity index is 1.99. The fourth-order valence-electron chi connectivity index (χ4n) is 2.27. The molecule has 0 bridgehead atoms. The van der Waals surface area contributed by atoms with E-state index in [4.69, 9.17) is 17.3 Å². The number of halogens is 1. The topological polar surface area (TPSA) is 92.9 Å². The first-order valence-corrected chi connectivity index (χ1v) is 8.78. The van der Waals surface area contributed by atoms with Crippen molar-refractivity contribution in [2.75, 3.05) is 16.4 Å². The molecule has 0 saturated carbocycles. The maximum Gasteiger partial charge on any atom is 0.323 e. The van der Waals surface area contributed by atoms with Gasteiger partial charge in [-0.3, -0.25) is 4.98 Å². The number of anilines is 3. The van der Waals surface area contributed by atoms with Gasteiger partial charge in [0.15, 0.2) is 0 Å². The van der Waals surface area contributed by atoms with Crippen molar-refractivity contribution in [3.8, 4) is 0 Å². The molecule has 0 saturated heterocycles. The number of carbonyl (C=O) groups excluding carboxylic acids is 1. The first kappa shape index (κ1) is 20.2. The zero-order valence-electron chi connectivity index (χ0n) is 15.1. The smallest absolute Gasteiger partial charge is 0.323 e. The van der Waals surface area contributed by atoms with Crippen LogP contribution in [-0.2, 0) is 6.42 Å². The number of allylic oxidation sites excluding steroid dienone is 5. The van der Waals surface area contributed by atoms with Crippen molar-refractivity contribution in [2.45, 2.75) is 19.8 Å². The van der Waals surface area contributed by atoms with Crippen molar-refractivity contribution in [1.82, 2.24) is 9.97 Å². The molecule has 4 N–H and O–H groups in total. The van der Waals surface area contributed by atoms with Gasteiger partial charge in [-0.25, -0.2) is 9.78 Å². The van der Waals surface area contributed by atoms with E-state index in [1.807, 2.05) is 37.3 Å². The first-order chi connectivity index (χ1) is 13.0. The van der Waals surface area contributed by atoms with Gasteiger partial charge in [-0.2, -0.15) is 0 Å². The Morgan fingerprint density at radius 1 is 1.33 bits per heavy atom. The molecular formula is C20H22ClN5O. The minimum atomic E-state index is -0.430. The monoisotopic (exact) mass is 383 g/mol. The van der Waals surface area contributed by atoms with Gasteiger partial charge >= 0.3 is 6.03 Å². The summed E-state index contributed by atoms with van der Waals surface area (Å²) < 4.78 is 0. The summed E-state index contributed by atoms with van der Waals surface area (Å²) in [5.74, 6) is 0. The Kier molecular flexibility index (Phi) is 7.58. The van der Waals surface area contributed by atoms with Gasteiger partial charge in [0.25, 0.3) is 0 Å². The molecule has 27 heavy (non-hydrogen) atoms. The quantitative estimate of drug-likeness (QED) is 0.464. The van der Waals surface area contributed by atoms with Crippen LogP contribution in [0.2, 0.25) is 5.15 Å². The van der Waals surface area contributed by atoms with Crippen molar-refractivity contribution >= 4 is 34.7 Å². The molecule has 2 aromatic rings. The molecule has 7 heteroatoms. The second kappa shape index (κ2) is 10.1. The van der Waals surface area contributed by atoms with E-state index in [2.05, 4.69) is 27.2 Å². The number of nitrogens with one attached hydrogen (secondary N) is 2. The highest BCUT2D eigenvalue weighted by Crippen LogP contribution is 2.21. The molecule has 0 aromatic carbocycles. The van der Waals surface area contributed by atoms with E-state index in [1.165, 1.54) is 12.3 Å². The Bertz CT molecular complexity index is 876. The predicted molar refractivity (Wildman–Crippen MR) is 112 cm³/mol. The molecule has 0 unspecified atom stereocenters. The molecule has 2 rings (SSSR count). The third kappa shape index (κ3) is 6.60. The average Bonchev–Trinajstić information content (AvgIpc) is 2.65. The number of nitrogens with zero attached hydrogens (tertiary/aromatic N) is 2. The lowest BCUT2D eigenvalue weighted by molar-refractivity contribution is 0.262. The van der Waals surface area contributed by atoms with Gasteiger partial charge in [-0.15, -0.1) is 0 Å². The lowest BCUT2D eigenvalue weighted by atomic mass is 10.1. The van der Waals surface area contributed by atoms with E-state index >= 15 is 0 Å². The van der Waals surface area contributed by atoms with E-state index < -0.39 is 6.03 Å². The number of hydrogen-bond donors (Lipinski definition) is 3. The summed E-state index contributed by atoms with van der Waals surface area (Å²) in [6, 6.07) is 4.61. The van der Waals surface area contributed by atoms with Gasteiger partial charge in [0.2, 0.25) is 0 Å². The number of hydrogen-bond acceptors (Lipinski definition) is 4. The van der Waals surface area contributed by atoms with Crippen LogP contribution in [-0.4, -0.2) is 16.0 Å². The Hall–Kier alpha value is -3.12. The lowest BCUT2D eigenvalue weighted by Crippen LogP contribution is -2.20. The third-order valence-electron chi connectivity index (χ3n) is 3.66. The highest BCUT2D eigenvalue weighted by Gasteiger charge is 2.08. The SMILES string of the molecule is C=C/C(=C\C=C/C)CCc1cc(NC(=O)Nc2cc(Cl)ncc2N)ccn1. The maximum atomic E-state index is 12.2. The molecule has 2 aromatic heterocycles. The molecule has 0 atom stereocenters. The summed E-state index contributed by atoms with van der Waals surface area (Å²) in [6.45, 7) is 5.79. The van der Waals surface area contributed by atoms with Crippen LogP contribution in [0.15, 0.2) is 67.0 Å². The van der Waals surface area contributed by atoms with Gasteiger partial charge in [-0.05, 0) is 37.5 Å². The Morgan fingerprint density at radius 3 is 2.89 bits per heavy atom. The van der Waals surface area contributed by atoms with Crippen LogP contribution in [0.4, 0.5) is 21.9 Å². The number of pyridine rings is 2. The van der Waals surface area contributed by atoms with Crippen molar-refractivity contribution in [3.63, 3.8) is 0 Å². The van der Waals surface area contributed by atoms with Crippen LogP contribution in [0.1, 0.15) is 19.0 Å². The fraction of sp³-hybridized carbons (Fsp3) is 0.150. The number of nitrogen functional groups attached to an aromatic ring is 1. The first-order valence-electron chi connectivity index (χ1n) is 8.40. The summed E-state index contributed by atoms with van der Waals surface area (Å²) in [5, 5.41) is 5.66. The summed E-state index contributed by atoms with van der Waals surface area (Å²) in [5.41, 5.74) is 9.13. The van der Waals surface area contributed by atoms with Gasteiger partial charge in [0, 0.05) is 23.6 Å². The molecular weight excluding hydrogens is 362 g/mol. The second-order valence-corrected chi connectivity index (χ2v) is 6.07. The van der Waals surface area contributed by atoms with E-state index in [0.717, 1.165) is 24.1 Å². The third-order valence-corrected chi connectivity index (χ3v) is 3.87. The number of aromatic nitrogens is 2. The Labute approximate surface area is 163 Å². The number of rotatable bonds is 7. The predicted octanol–water partition coefficient (Wildman–Crippen LogP) is 4.98. The highest BCUT2D eigenvalue weighted by atomic mass is 35.5. The average molecular weight is 384 g/mol. The van der Waals surface area contributed by atoms with Crippen LogP contribution < -0.4 is 16.4 Å². The van der Waals surface area contributed by atoms with E-state index in [1.54, 1.807) is 12.3 Å². The molecule has 0 fully saturated rings. The van der Waals surface area contributed by atoms with Gasteiger partial charge < -0.3 is 16.4 Å².